The molecule has 0 aromatic heterocycles. The Bertz CT molecular complexity index is 1010. The molecule has 2 aromatic carbocycles. The second-order valence-electron chi connectivity index (χ2n) is 14.8. The average molecular weight is 529 g/mol. The van der Waals surface area contributed by atoms with Crippen LogP contribution in [0.25, 0.3) is 0 Å². The van der Waals surface area contributed by atoms with E-state index in [-0.39, 0.29) is 25.7 Å². The molecule has 0 aliphatic rings. The van der Waals surface area contributed by atoms with Crippen LogP contribution in [0.2, 0.25) is 0 Å². The third-order valence-electron chi connectivity index (χ3n) is 6.62. The van der Waals surface area contributed by atoms with Crippen LogP contribution in [-0.2, 0) is 28.1 Å². The first-order valence-electron chi connectivity index (χ1n) is 13.4. The minimum absolute atomic E-state index is 0.0840. The lowest BCUT2D eigenvalue weighted by atomic mass is 9.75. The van der Waals surface area contributed by atoms with Crippen molar-refractivity contribution >= 4 is 23.5 Å². The van der Waals surface area contributed by atoms with E-state index >= 15 is 0 Å². The number of phenols is 1. The zero-order valence-corrected chi connectivity index (χ0v) is 27.4. The Morgan fingerprint density at radius 2 is 0.806 bits per heavy atom. The third-order valence-corrected chi connectivity index (χ3v) is 9.05. The smallest absolute Gasteiger partial charge is 0.123 e. The molecular weight excluding hydrogens is 476 g/mol. The molecule has 36 heavy (non-hydrogen) atoms. The Labute approximate surface area is 231 Å². The van der Waals surface area contributed by atoms with Crippen molar-refractivity contribution < 1.29 is 5.11 Å². The van der Waals surface area contributed by atoms with Crippen LogP contribution in [0.4, 0.5) is 0 Å². The molecular formula is C33H52OS2. The van der Waals surface area contributed by atoms with Crippen LogP contribution in [0.1, 0.15) is 132 Å². The highest BCUT2D eigenvalue weighted by Crippen LogP contribution is 2.50. The standard InChI is InChI=1S/C33H52OS2/c1-16-23-24(29(2,3)4)17-21(18-25(23)30(5,6)7)35-33(14,15)36-22-19-26(31(8,9)10)28(34)27(20-22)32(11,12)13/h17-20,34H,16H2,1-15H3. The van der Waals surface area contributed by atoms with Crippen molar-refractivity contribution in [2.24, 2.45) is 0 Å². The van der Waals surface area contributed by atoms with Gasteiger partial charge in [-0.05, 0) is 82.9 Å². The molecule has 0 aliphatic heterocycles. The maximum Gasteiger partial charge on any atom is 0.123 e. The van der Waals surface area contributed by atoms with Gasteiger partial charge in [0, 0.05) is 20.9 Å². The molecule has 2 aromatic rings. The summed E-state index contributed by atoms with van der Waals surface area (Å²) in [6.07, 6.45) is 1.06. The molecule has 0 fully saturated rings. The fourth-order valence-corrected chi connectivity index (χ4v) is 7.41. The van der Waals surface area contributed by atoms with Crippen molar-refractivity contribution in [3.8, 4) is 5.75 Å². The van der Waals surface area contributed by atoms with E-state index in [1.54, 1.807) is 0 Å². The Hall–Kier alpha value is -1.06. The molecule has 1 N–H and O–H groups in total. The van der Waals surface area contributed by atoms with Gasteiger partial charge in [0.2, 0.25) is 0 Å². The van der Waals surface area contributed by atoms with Gasteiger partial charge >= 0.3 is 0 Å². The third kappa shape index (κ3) is 7.50. The van der Waals surface area contributed by atoms with Crippen molar-refractivity contribution in [1.29, 1.82) is 0 Å². The van der Waals surface area contributed by atoms with Gasteiger partial charge in [-0.1, -0.05) is 90.0 Å². The number of phenolic OH excluding ortho intramolecular Hbond substituents is 1. The molecule has 0 amide bonds. The molecule has 0 radical (unpaired) electrons. The van der Waals surface area contributed by atoms with E-state index in [9.17, 15) is 5.11 Å². The Morgan fingerprint density at radius 3 is 1.06 bits per heavy atom. The van der Waals surface area contributed by atoms with Crippen molar-refractivity contribution in [2.45, 2.75) is 146 Å². The molecule has 0 saturated heterocycles. The summed E-state index contributed by atoms with van der Waals surface area (Å²) >= 11 is 3.85. The van der Waals surface area contributed by atoms with E-state index < -0.39 is 0 Å². The summed E-state index contributed by atoms with van der Waals surface area (Å²) in [4.78, 5) is 2.56. The molecule has 0 bridgehead atoms. The van der Waals surface area contributed by atoms with Crippen LogP contribution in [-0.4, -0.2) is 9.19 Å². The monoisotopic (exact) mass is 528 g/mol. The molecule has 0 aliphatic carbocycles. The van der Waals surface area contributed by atoms with E-state index in [1.807, 2.05) is 23.5 Å². The summed E-state index contributed by atoms with van der Waals surface area (Å²) in [5.74, 6) is 0.449. The van der Waals surface area contributed by atoms with Gasteiger partial charge in [0.15, 0.2) is 0 Å². The second-order valence-corrected chi connectivity index (χ2v) is 18.5. The van der Waals surface area contributed by atoms with E-state index in [0.717, 1.165) is 17.5 Å². The van der Waals surface area contributed by atoms with Gasteiger partial charge in [0.25, 0.3) is 0 Å². The van der Waals surface area contributed by atoms with E-state index in [4.69, 9.17) is 0 Å². The van der Waals surface area contributed by atoms with Crippen molar-refractivity contribution in [2.75, 3.05) is 0 Å². The number of benzene rings is 2. The summed E-state index contributed by atoms with van der Waals surface area (Å²) < 4.78 is -0.0840. The second kappa shape index (κ2) is 10.3. The fraction of sp³-hybridized carbons (Fsp3) is 0.636. The topological polar surface area (TPSA) is 20.2 Å². The first-order chi connectivity index (χ1) is 16.0. The number of hydrogen-bond donors (Lipinski definition) is 1. The molecule has 202 valence electrons. The van der Waals surface area contributed by atoms with Crippen LogP contribution in [0.15, 0.2) is 34.1 Å². The summed E-state index contributed by atoms with van der Waals surface area (Å²) in [5.41, 5.74) is 6.43. The van der Waals surface area contributed by atoms with Crippen molar-refractivity contribution in [3.05, 3.63) is 52.1 Å². The lowest BCUT2D eigenvalue weighted by molar-refractivity contribution is 0.422. The van der Waals surface area contributed by atoms with E-state index in [1.165, 1.54) is 26.5 Å². The number of rotatable bonds is 5. The van der Waals surface area contributed by atoms with Gasteiger partial charge < -0.3 is 5.11 Å². The summed E-state index contributed by atoms with van der Waals surface area (Å²) in [7, 11) is 0. The van der Waals surface area contributed by atoms with E-state index in [0.29, 0.717) is 5.75 Å². The Morgan fingerprint density at radius 1 is 0.528 bits per heavy atom. The summed E-state index contributed by atoms with van der Waals surface area (Å²) in [6.45, 7) is 34.0. The predicted molar refractivity (Wildman–Crippen MR) is 165 cm³/mol. The maximum absolute atomic E-state index is 11.2. The molecule has 0 heterocycles. The minimum Gasteiger partial charge on any atom is -0.507 e. The molecule has 0 saturated carbocycles. The SMILES string of the molecule is CCc1c(C(C)(C)C)cc(SC(C)(C)Sc2cc(C(C)(C)C)c(O)c(C(C)(C)C)c2)cc1C(C)(C)C. The highest BCUT2D eigenvalue weighted by Gasteiger charge is 2.31. The molecule has 2 rings (SSSR count). The first-order valence-corrected chi connectivity index (χ1v) is 15.0. The molecule has 3 heteroatoms. The van der Waals surface area contributed by atoms with Gasteiger partial charge in [-0.3, -0.25) is 0 Å². The van der Waals surface area contributed by atoms with Crippen LogP contribution in [0.5, 0.6) is 5.75 Å². The van der Waals surface area contributed by atoms with E-state index in [2.05, 4.69) is 128 Å². The zero-order chi connectivity index (χ0) is 28.1. The number of thioether (sulfide) groups is 2. The molecule has 0 unspecified atom stereocenters. The molecule has 0 atom stereocenters. The van der Waals surface area contributed by atoms with Gasteiger partial charge in [0.1, 0.15) is 5.75 Å². The zero-order valence-electron chi connectivity index (χ0n) is 25.8. The Balaban J connectivity index is 2.59. The minimum atomic E-state index is -0.128. The molecule has 0 spiro atoms. The highest BCUT2D eigenvalue weighted by atomic mass is 32.2. The number of aromatic hydroxyl groups is 1. The van der Waals surface area contributed by atoms with Gasteiger partial charge in [-0.15, -0.1) is 23.5 Å². The number of hydrogen-bond acceptors (Lipinski definition) is 3. The van der Waals surface area contributed by atoms with Crippen molar-refractivity contribution in [3.63, 3.8) is 0 Å². The normalized spacial score (nSPS) is 13.9. The lowest BCUT2D eigenvalue weighted by Crippen LogP contribution is -2.21. The van der Waals surface area contributed by atoms with Crippen LogP contribution >= 0.6 is 23.5 Å². The van der Waals surface area contributed by atoms with Gasteiger partial charge in [-0.25, -0.2) is 0 Å². The molecule has 1 nitrogen and oxygen atoms in total. The van der Waals surface area contributed by atoms with Crippen molar-refractivity contribution in [1.82, 2.24) is 0 Å². The highest BCUT2D eigenvalue weighted by molar-refractivity contribution is 8.18. The lowest BCUT2D eigenvalue weighted by Gasteiger charge is -2.33. The average Bonchev–Trinajstić information content (AvgIpc) is 2.64. The summed E-state index contributed by atoms with van der Waals surface area (Å²) in [5, 5.41) is 11.2. The summed E-state index contributed by atoms with van der Waals surface area (Å²) in [6, 6.07) is 9.30. The first kappa shape index (κ1) is 31.2. The Kier molecular flexibility index (Phi) is 8.87. The van der Waals surface area contributed by atoms with Crippen LogP contribution in [0, 0.1) is 0 Å². The van der Waals surface area contributed by atoms with Gasteiger partial charge in [0.05, 0.1) is 4.08 Å². The van der Waals surface area contributed by atoms with Crippen LogP contribution < -0.4 is 0 Å². The van der Waals surface area contributed by atoms with Crippen LogP contribution in [0.3, 0.4) is 0 Å². The maximum atomic E-state index is 11.2. The quantitative estimate of drug-likeness (QED) is 0.308. The predicted octanol–water partition coefficient (Wildman–Crippen LogP) is 10.8. The largest absolute Gasteiger partial charge is 0.507 e. The van der Waals surface area contributed by atoms with Gasteiger partial charge in [-0.2, -0.15) is 0 Å². The fourth-order valence-electron chi connectivity index (χ4n) is 4.82.